The van der Waals surface area contributed by atoms with Gasteiger partial charge in [-0.05, 0) is 78.4 Å². The van der Waals surface area contributed by atoms with Crippen molar-refractivity contribution in [1.82, 2.24) is 10.2 Å². The van der Waals surface area contributed by atoms with Gasteiger partial charge in [0, 0.05) is 6.04 Å². The maximum atomic E-state index is 11.4. The van der Waals surface area contributed by atoms with Gasteiger partial charge < -0.3 is 15.3 Å². The Morgan fingerprint density at radius 1 is 1.45 bits per heavy atom. The lowest BCUT2D eigenvalue weighted by atomic mass is 9.94. The van der Waals surface area contributed by atoms with Crippen molar-refractivity contribution < 1.29 is 9.90 Å². The SMILES string of the molecule is CCCNC(C)(CCCCN(C)C(C)C1CC1)C(=O)O. The van der Waals surface area contributed by atoms with Crippen LogP contribution in [0.3, 0.4) is 0 Å². The summed E-state index contributed by atoms with van der Waals surface area (Å²) in [5.74, 6) is 0.168. The van der Waals surface area contributed by atoms with Crippen molar-refractivity contribution in [3.63, 3.8) is 0 Å². The van der Waals surface area contributed by atoms with Crippen LogP contribution >= 0.6 is 0 Å². The molecule has 1 rings (SSSR count). The molecule has 1 saturated carbocycles. The number of nitrogens with one attached hydrogen (secondary N) is 1. The molecule has 0 bridgehead atoms. The first-order chi connectivity index (χ1) is 9.40. The molecule has 2 unspecified atom stereocenters. The molecule has 4 nitrogen and oxygen atoms in total. The van der Waals surface area contributed by atoms with E-state index in [1.807, 2.05) is 6.92 Å². The Kier molecular flexibility index (Phi) is 6.96. The zero-order chi connectivity index (χ0) is 15.2. The van der Waals surface area contributed by atoms with Crippen molar-refractivity contribution in [2.24, 2.45) is 5.92 Å². The van der Waals surface area contributed by atoms with Crippen molar-refractivity contribution >= 4 is 5.97 Å². The second-order valence-electron chi connectivity index (χ2n) is 6.58. The smallest absolute Gasteiger partial charge is 0.323 e. The van der Waals surface area contributed by atoms with Crippen molar-refractivity contribution in [3.8, 4) is 0 Å². The molecular formula is C16H32N2O2. The molecule has 0 saturated heterocycles. The Balaban J connectivity index is 2.24. The molecule has 0 amide bonds. The van der Waals surface area contributed by atoms with Crippen molar-refractivity contribution in [1.29, 1.82) is 0 Å². The van der Waals surface area contributed by atoms with Crippen LogP contribution in [0.25, 0.3) is 0 Å². The zero-order valence-corrected chi connectivity index (χ0v) is 13.6. The summed E-state index contributed by atoms with van der Waals surface area (Å²) in [4.78, 5) is 13.8. The predicted molar refractivity (Wildman–Crippen MR) is 83.0 cm³/mol. The monoisotopic (exact) mass is 284 g/mol. The van der Waals surface area contributed by atoms with Crippen molar-refractivity contribution in [2.75, 3.05) is 20.1 Å². The van der Waals surface area contributed by atoms with Crippen LogP contribution in [-0.2, 0) is 4.79 Å². The van der Waals surface area contributed by atoms with E-state index >= 15 is 0 Å². The van der Waals surface area contributed by atoms with Crippen LogP contribution in [0.15, 0.2) is 0 Å². The fourth-order valence-electron chi connectivity index (χ4n) is 2.65. The van der Waals surface area contributed by atoms with Crippen LogP contribution in [0.5, 0.6) is 0 Å². The zero-order valence-electron chi connectivity index (χ0n) is 13.6. The molecule has 2 atom stereocenters. The number of carbonyl (C=O) groups is 1. The first-order valence-corrected chi connectivity index (χ1v) is 8.09. The van der Waals surface area contributed by atoms with Crippen LogP contribution in [0.4, 0.5) is 0 Å². The minimum absolute atomic E-state index is 0.680. The van der Waals surface area contributed by atoms with E-state index in [4.69, 9.17) is 0 Å². The number of unbranched alkanes of at least 4 members (excludes halogenated alkanes) is 1. The third kappa shape index (κ3) is 5.41. The van der Waals surface area contributed by atoms with Gasteiger partial charge in [0.15, 0.2) is 0 Å². The average Bonchev–Trinajstić information content (AvgIpc) is 3.24. The second kappa shape index (κ2) is 7.99. The quantitative estimate of drug-likeness (QED) is 0.573. The molecular weight excluding hydrogens is 252 g/mol. The Bertz CT molecular complexity index is 305. The van der Waals surface area contributed by atoms with Gasteiger partial charge in [-0.2, -0.15) is 0 Å². The van der Waals surface area contributed by atoms with E-state index in [-0.39, 0.29) is 0 Å². The molecule has 0 aromatic carbocycles. The highest BCUT2D eigenvalue weighted by atomic mass is 16.4. The van der Waals surface area contributed by atoms with Crippen molar-refractivity contribution in [2.45, 2.75) is 70.9 Å². The highest BCUT2D eigenvalue weighted by Crippen LogP contribution is 2.34. The third-order valence-corrected chi connectivity index (χ3v) is 4.67. The van der Waals surface area contributed by atoms with Crippen molar-refractivity contribution in [3.05, 3.63) is 0 Å². The molecule has 2 N–H and O–H groups in total. The van der Waals surface area contributed by atoms with Crippen LogP contribution in [0.2, 0.25) is 0 Å². The average molecular weight is 284 g/mol. The molecule has 0 radical (unpaired) electrons. The summed E-state index contributed by atoms with van der Waals surface area (Å²) in [6.45, 7) is 8.01. The number of carboxylic acid groups (broad SMARTS) is 1. The van der Waals surface area contributed by atoms with E-state index in [2.05, 4.69) is 31.1 Å². The third-order valence-electron chi connectivity index (χ3n) is 4.67. The molecule has 0 heterocycles. The Hall–Kier alpha value is -0.610. The van der Waals surface area contributed by atoms with Gasteiger partial charge in [0.2, 0.25) is 0 Å². The summed E-state index contributed by atoms with van der Waals surface area (Å²) >= 11 is 0. The number of nitrogens with zero attached hydrogens (tertiary/aromatic N) is 1. The Labute approximate surface area is 123 Å². The van der Waals surface area contributed by atoms with Gasteiger partial charge in [-0.25, -0.2) is 0 Å². The maximum absolute atomic E-state index is 11.4. The molecule has 0 aromatic rings. The summed E-state index contributed by atoms with van der Waals surface area (Å²) < 4.78 is 0. The van der Waals surface area contributed by atoms with E-state index in [0.29, 0.717) is 12.5 Å². The summed E-state index contributed by atoms with van der Waals surface area (Å²) in [7, 11) is 2.19. The molecule has 0 aliphatic heterocycles. The lowest BCUT2D eigenvalue weighted by Gasteiger charge is -2.28. The van der Waals surface area contributed by atoms with Gasteiger partial charge in [0.05, 0.1) is 0 Å². The van der Waals surface area contributed by atoms with Crippen LogP contribution in [0, 0.1) is 5.92 Å². The number of hydrogen-bond acceptors (Lipinski definition) is 3. The van der Waals surface area contributed by atoms with Crippen LogP contribution in [0.1, 0.15) is 59.3 Å². The van der Waals surface area contributed by atoms with Gasteiger partial charge in [-0.1, -0.05) is 6.92 Å². The molecule has 118 valence electrons. The van der Waals surface area contributed by atoms with Crippen LogP contribution < -0.4 is 5.32 Å². The number of aliphatic carboxylic acids is 1. The topological polar surface area (TPSA) is 52.6 Å². The number of carboxylic acids is 1. The maximum Gasteiger partial charge on any atom is 0.323 e. The fourth-order valence-corrected chi connectivity index (χ4v) is 2.65. The largest absolute Gasteiger partial charge is 0.480 e. The van der Waals surface area contributed by atoms with E-state index in [1.165, 1.54) is 12.8 Å². The summed E-state index contributed by atoms with van der Waals surface area (Å²) in [5, 5.41) is 12.5. The van der Waals surface area contributed by atoms with E-state index in [0.717, 1.165) is 38.3 Å². The van der Waals surface area contributed by atoms with Gasteiger partial charge in [0.1, 0.15) is 5.54 Å². The molecule has 1 fully saturated rings. The van der Waals surface area contributed by atoms with Gasteiger partial charge in [-0.3, -0.25) is 4.79 Å². The highest BCUT2D eigenvalue weighted by Gasteiger charge is 2.32. The minimum atomic E-state index is -0.767. The normalized spacial score (nSPS) is 19.9. The standard InChI is InChI=1S/C16H32N2O2/c1-5-11-17-16(3,15(19)20)10-6-7-12-18(4)13(2)14-8-9-14/h13-14,17H,5-12H2,1-4H3,(H,19,20). The molecule has 1 aliphatic carbocycles. The van der Waals surface area contributed by atoms with Crippen LogP contribution in [-0.4, -0.2) is 47.7 Å². The molecule has 0 spiro atoms. The Morgan fingerprint density at radius 2 is 2.10 bits per heavy atom. The lowest BCUT2D eigenvalue weighted by Crippen LogP contribution is -2.49. The number of hydrogen-bond donors (Lipinski definition) is 2. The lowest BCUT2D eigenvalue weighted by molar-refractivity contribution is -0.144. The molecule has 4 heteroatoms. The summed E-state index contributed by atoms with van der Waals surface area (Å²) in [6, 6.07) is 0.680. The second-order valence-corrected chi connectivity index (χ2v) is 6.58. The Morgan fingerprint density at radius 3 is 2.60 bits per heavy atom. The first kappa shape index (κ1) is 17.4. The fraction of sp³-hybridized carbons (Fsp3) is 0.938. The molecule has 20 heavy (non-hydrogen) atoms. The number of rotatable bonds is 11. The van der Waals surface area contributed by atoms with Gasteiger partial charge >= 0.3 is 5.97 Å². The van der Waals surface area contributed by atoms with E-state index < -0.39 is 11.5 Å². The summed E-state index contributed by atoms with van der Waals surface area (Å²) in [5.41, 5.74) is -0.767. The minimum Gasteiger partial charge on any atom is -0.480 e. The predicted octanol–water partition coefficient (Wildman–Crippen LogP) is 2.73. The first-order valence-electron chi connectivity index (χ1n) is 8.09. The van der Waals surface area contributed by atoms with Gasteiger partial charge in [-0.15, -0.1) is 0 Å². The van der Waals surface area contributed by atoms with E-state index in [9.17, 15) is 9.90 Å². The van der Waals surface area contributed by atoms with Gasteiger partial charge in [0.25, 0.3) is 0 Å². The molecule has 0 aromatic heterocycles. The highest BCUT2D eigenvalue weighted by molar-refractivity contribution is 5.78. The van der Waals surface area contributed by atoms with E-state index in [1.54, 1.807) is 0 Å². The molecule has 1 aliphatic rings. The summed E-state index contributed by atoms with van der Waals surface area (Å²) in [6.07, 6.45) is 6.46.